The van der Waals surface area contributed by atoms with Gasteiger partial charge in [-0.1, -0.05) is 15.9 Å². The fraction of sp³-hybridized carbons (Fsp3) is 0.462. The highest BCUT2D eigenvalue weighted by atomic mass is 79.9. The predicted molar refractivity (Wildman–Crippen MR) is 83.5 cm³/mol. The van der Waals surface area contributed by atoms with Crippen LogP contribution in [0.3, 0.4) is 0 Å². The Bertz CT molecular complexity index is 425. The summed E-state index contributed by atoms with van der Waals surface area (Å²) in [4.78, 5) is 14.0. The van der Waals surface area contributed by atoms with Crippen LogP contribution >= 0.6 is 31.9 Å². The van der Waals surface area contributed by atoms with Crippen molar-refractivity contribution >= 4 is 37.8 Å². The Hall–Kier alpha value is -0.430. The molecule has 0 fully saturated rings. The van der Waals surface area contributed by atoms with E-state index < -0.39 is 0 Å². The first-order chi connectivity index (χ1) is 9.00. The molecule has 106 valence electrons. The minimum absolute atomic E-state index is 0.107. The fourth-order valence-electron chi connectivity index (χ4n) is 1.35. The van der Waals surface area contributed by atoms with Crippen molar-refractivity contribution in [1.82, 2.24) is 10.2 Å². The van der Waals surface area contributed by atoms with Gasteiger partial charge in [-0.2, -0.15) is 0 Å². The maximum atomic E-state index is 11.9. The summed E-state index contributed by atoms with van der Waals surface area (Å²) in [6.07, 6.45) is 0. The average molecular weight is 394 g/mol. The van der Waals surface area contributed by atoms with E-state index in [1.54, 1.807) is 6.07 Å². The van der Waals surface area contributed by atoms with Gasteiger partial charge in [0.15, 0.2) is 0 Å². The first-order valence-electron chi connectivity index (χ1n) is 5.96. The number of carbonyl (C=O) groups is 1. The molecule has 0 aliphatic heterocycles. The molecule has 1 N–H and O–H groups in total. The van der Waals surface area contributed by atoms with Crippen LogP contribution in [-0.2, 0) is 4.74 Å². The van der Waals surface area contributed by atoms with Gasteiger partial charge in [0.1, 0.15) is 0 Å². The molecular weight excluding hydrogens is 376 g/mol. The van der Waals surface area contributed by atoms with Crippen molar-refractivity contribution < 1.29 is 9.53 Å². The second-order valence-electron chi connectivity index (χ2n) is 4.30. The van der Waals surface area contributed by atoms with Crippen LogP contribution in [0.1, 0.15) is 10.4 Å². The quantitative estimate of drug-likeness (QED) is 0.723. The molecular formula is C13H18Br2N2O2. The van der Waals surface area contributed by atoms with Crippen LogP contribution in [0, 0.1) is 0 Å². The minimum Gasteiger partial charge on any atom is -0.378 e. The third kappa shape index (κ3) is 6.51. The molecule has 0 unspecified atom stereocenters. The third-order valence-electron chi connectivity index (χ3n) is 2.39. The molecule has 19 heavy (non-hydrogen) atoms. The minimum atomic E-state index is -0.107. The van der Waals surface area contributed by atoms with Gasteiger partial charge < -0.3 is 15.0 Å². The van der Waals surface area contributed by atoms with E-state index in [9.17, 15) is 4.79 Å². The van der Waals surface area contributed by atoms with Crippen molar-refractivity contribution in [3.63, 3.8) is 0 Å². The van der Waals surface area contributed by atoms with Crippen molar-refractivity contribution in [3.8, 4) is 0 Å². The molecule has 0 aromatic heterocycles. The normalized spacial score (nSPS) is 10.8. The number of nitrogens with one attached hydrogen (secondary N) is 1. The monoisotopic (exact) mass is 392 g/mol. The van der Waals surface area contributed by atoms with Crippen LogP contribution < -0.4 is 5.32 Å². The van der Waals surface area contributed by atoms with E-state index in [4.69, 9.17) is 4.74 Å². The first-order valence-corrected chi connectivity index (χ1v) is 7.55. The summed E-state index contributed by atoms with van der Waals surface area (Å²) in [5.74, 6) is -0.107. The number of amides is 1. The zero-order chi connectivity index (χ0) is 14.3. The zero-order valence-corrected chi connectivity index (χ0v) is 14.3. The van der Waals surface area contributed by atoms with E-state index in [1.807, 2.05) is 26.2 Å². The topological polar surface area (TPSA) is 41.6 Å². The third-order valence-corrected chi connectivity index (χ3v) is 3.57. The predicted octanol–water partition coefficient (Wildman–Crippen LogP) is 2.52. The SMILES string of the molecule is CN(C)CCOCCNC(=O)c1cc(Br)ccc1Br. The van der Waals surface area contributed by atoms with Crippen molar-refractivity contribution in [2.45, 2.75) is 0 Å². The second-order valence-corrected chi connectivity index (χ2v) is 6.07. The van der Waals surface area contributed by atoms with Crippen LogP contribution in [0.5, 0.6) is 0 Å². The summed E-state index contributed by atoms with van der Waals surface area (Å²) in [7, 11) is 3.99. The lowest BCUT2D eigenvalue weighted by atomic mass is 10.2. The van der Waals surface area contributed by atoms with Crippen LogP contribution in [0.4, 0.5) is 0 Å². The number of ether oxygens (including phenoxy) is 1. The van der Waals surface area contributed by atoms with Gasteiger partial charge in [0.2, 0.25) is 0 Å². The molecule has 1 aromatic carbocycles. The number of likely N-dealkylation sites (N-methyl/N-ethyl adjacent to an activating group) is 1. The molecule has 6 heteroatoms. The fourth-order valence-corrected chi connectivity index (χ4v) is 2.14. The molecule has 1 aromatic rings. The van der Waals surface area contributed by atoms with Gasteiger partial charge in [0.25, 0.3) is 5.91 Å². The molecule has 0 saturated carbocycles. The Balaban J connectivity index is 2.29. The molecule has 0 atom stereocenters. The molecule has 0 spiro atoms. The van der Waals surface area contributed by atoms with Crippen LogP contribution in [-0.4, -0.2) is 51.2 Å². The lowest BCUT2D eigenvalue weighted by Gasteiger charge is -2.10. The molecule has 1 amide bonds. The Labute approximate surface area is 130 Å². The van der Waals surface area contributed by atoms with E-state index in [2.05, 4.69) is 42.1 Å². The lowest BCUT2D eigenvalue weighted by molar-refractivity contribution is 0.0899. The Morgan fingerprint density at radius 2 is 2.05 bits per heavy atom. The standard InChI is InChI=1S/C13H18Br2N2O2/c1-17(2)6-8-19-7-5-16-13(18)11-9-10(14)3-4-12(11)15/h3-4,9H,5-8H2,1-2H3,(H,16,18). The summed E-state index contributed by atoms with van der Waals surface area (Å²) in [6.45, 7) is 2.57. The zero-order valence-electron chi connectivity index (χ0n) is 11.1. The number of carbonyl (C=O) groups excluding carboxylic acids is 1. The number of hydrogen-bond acceptors (Lipinski definition) is 3. The van der Waals surface area contributed by atoms with E-state index in [-0.39, 0.29) is 5.91 Å². The van der Waals surface area contributed by atoms with Crippen molar-refractivity contribution in [2.24, 2.45) is 0 Å². The highest BCUT2D eigenvalue weighted by molar-refractivity contribution is 9.11. The van der Waals surface area contributed by atoms with Gasteiger partial charge in [0.05, 0.1) is 18.8 Å². The average Bonchev–Trinajstić information content (AvgIpc) is 2.36. The van der Waals surface area contributed by atoms with Crippen LogP contribution in [0.2, 0.25) is 0 Å². The van der Waals surface area contributed by atoms with Gasteiger partial charge >= 0.3 is 0 Å². The summed E-state index contributed by atoms with van der Waals surface area (Å²) in [5, 5.41) is 2.83. The van der Waals surface area contributed by atoms with Gasteiger partial charge in [-0.3, -0.25) is 4.79 Å². The van der Waals surface area contributed by atoms with Crippen molar-refractivity contribution in [3.05, 3.63) is 32.7 Å². The molecule has 0 saturated heterocycles. The van der Waals surface area contributed by atoms with Crippen LogP contribution in [0.15, 0.2) is 27.1 Å². The number of nitrogens with zero attached hydrogens (tertiary/aromatic N) is 1. The Morgan fingerprint density at radius 1 is 1.32 bits per heavy atom. The molecule has 0 aliphatic carbocycles. The summed E-state index contributed by atoms with van der Waals surface area (Å²) in [5.41, 5.74) is 0.614. The van der Waals surface area contributed by atoms with Crippen molar-refractivity contribution in [1.29, 1.82) is 0 Å². The van der Waals surface area contributed by atoms with Gasteiger partial charge in [-0.15, -0.1) is 0 Å². The van der Waals surface area contributed by atoms with E-state index in [0.717, 1.165) is 15.5 Å². The molecule has 0 aliphatic rings. The van der Waals surface area contributed by atoms with Gasteiger partial charge in [0, 0.05) is 22.0 Å². The largest absolute Gasteiger partial charge is 0.378 e. The summed E-state index contributed by atoms with van der Waals surface area (Å²) >= 11 is 6.71. The highest BCUT2D eigenvalue weighted by Crippen LogP contribution is 2.21. The van der Waals surface area contributed by atoms with Gasteiger partial charge in [-0.05, 0) is 48.2 Å². The Kier molecular flexibility index (Phi) is 7.60. The maximum Gasteiger partial charge on any atom is 0.252 e. The molecule has 4 nitrogen and oxygen atoms in total. The summed E-state index contributed by atoms with van der Waals surface area (Å²) < 4.78 is 7.06. The Morgan fingerprint density at radius 3 is 2.74 bits per heavy atom. The van der Waals surface area contributed by atoms with Crippen LogP contribution in [0.25, 0.3) is 0 Å². The van der Waals surface area contributed by atoms with E-state index in [1.165, 1.54) is 0 Å². The number of benzene rings is 1. The molecule has 0 radical (unpaired) electrons. The lowest BCUT2D eigenvalue weighted by Crippen LogP contribution is -2.28. The second kappa shape index (κ2) is 8.68. The highest BCUT2D eigenvalue weighted by Gasteiger charge is 2.09. The smallest absolute Gasteiger partial charge is 0.252 e. The van der Waals surface area contributed by atoms with E-state index >= 15 is 0 Å². The molecule has 0 heterocycles. The number of halogens is 2. The molecule has 0 bridgehead atoms. The molecule has 1 rings (SSSR count). The van der Waals surface area contributed by atoms with Gasteiger partial charge in [-0.25, -0.2) is 0 Å². The summed E-state index contributed by atoms with van der Waals surface area (Å²) in [6, 6.07) is 5.50. The maximum absolute atomic E-state index is 11.9. The first kappa shape index (κ1) is 16.6. The number of rotatable bonds is 7. The van der Waals surface area contributed by atoms with Crippen molar-refractivity contribution in [2.75, 3.05) is 40.4 Å². The number of hydrogen-bond donors (Lipinski definition) is 1. The van der Waals surface area contributed by atoms with E-state index in [0.29, 0.717) is 25.3 Å².